The minimum atomic E-state index is -0.730. The van der Waals surface area contributed by atoms with Crippen LogP contribution in [0, 0.1) is 0 Å². The first-order valence-electron chi connectivity index (χ1n) is 8.54. The Labute approximate surface area is 165 Å². The topological polar surface area (TPSA) is 67.2 Å². The molecular weight excluding hydrogens is 387 g/mol. The first-order chi connectivity index (χ1) is 13.0. The Morgan fingerprint density at radius 2 is 1.81 bits per heavy atom. The minimum absolute atomic E-state index is 0.00725. The first-order valence-corrected chi connectivity index (χ1v) is 9.29. The number of amides is 2. The van der Waals surface area contributed by atoms with Crippen LogP contribution in [0.4, 0.5) is 11.6 Å². The van der Waals surface area contributed by atoms with Crippen molar-refractivity contribution in [2.24, 2.45) is 0 Å². The maximum Gasteiger partial charge on any atom is 0.256 e. The van der Waals surface area contributed by atoms with Crippen molar-refractivity contribution in [2.45, 2.75) is 25.9 Å². The van der Waals surface area contributed by atoms with Crippen LogP contribution in [0.3, 0.4) is 0 Å². The number of hydrogen-bond acceptors (Lipinski definition) is 4. The van der Waals surface area contributed by atoms with Gasteiger partial charge in [-0.25, -0.2) is 9.88 Å². The Bertz CT molecular complexity index is 1040. The van der Waals surface area contributed by atoms with Crippen molar-refractivity contribution in [3.8, 4) is 0 Å². The lowest BCUT2D eigenvalue weighted by molar-refractivity contribution is -0.121. The van der Waals surface area contributed by atoms with E-state index in [9.17, 15) is 9.59 Å². The predicted octanol–water partition coefficient (Wildman–Crippen LogP) is 4.11. The number of benzene rings is 2. The average molecular weight is 403 g/mol. The Hall–Kier alpha value is -2.57. The molecule has 6 nitrogen and oxygen atoms in total. The summed E-state index contributed by atoms with van der Waals surface area (Å²) in [5.74, 6) is -0.201. The van der Waals surface area contributed by atoms with Gasteiger partial charge >= 0.3 is 0 Å². The third-order valence-electron chi connectivity index (χ3n) is 4.58. The lowest BCUT2D eigenvalue weighted by Gasteiger charge is -2.18. The molecule has 1 aromatic heterocycles. The van der Waals surface area contributed by atoms with Gasteiger partial charge in [-0.1, -0.05) is 41.4 Å². The lowest BCUT2D eigenvalue weighted by Crippen LogP contribution is -2.35. The number of fused-ring (bicyclic) bond motifs is 1. The smallest absolute Gasteiger partial charge is 0.256 e. The number of nitrogens with zero attached hydrogens (tertiary/aromatic N) is 3. The van der Waals surface area contributed by atoms with Crippen molar-refractivity contribution in [1.29, 1.82) is 0 Å². The summed E-state index contributed by atoms with van der Waals surface area (Å²) in [5, 5.41) is 3.63. The van der Waals surface area contributed by atoms with E-state index in [4.69, 9.17) is 23.2 Å². The van der Waals surface area contributed by atoms with Crippen LogP contribution in [0.2, 0.25) is 10.0 Å². The number of carbonyl (C=O) groups excluding carboxylic acids is 2. The fourth-order valence-electron chi connectivity index (χ4n) is 3.34. The number of halogens is 2. The zero-order valence-corrected chi connectivity index (χ0v) is 16.0. The second kappa shape index (κ2) is 6.87. The molecule has 0 unspecified atom stereocenters. The molecular formula is C19H16Cl2N4O2. The summed E-state index contributed by atoms with van der Waals surface area (Å²) < 4.78 is 1.97. The molecule has 2 aromatic carbocycles. The number of aryl methyl sites for hydroxylation is 1. The van der Waals surface area contributed by atoms with Gasteiger partial charge < -0.3 is 9.88 Å². The molecule has 1 fully saturated rings. The first kappa shape index (κ1) is 17.8. The number of anilines is 2. The molecule has 0 spiro atoms. The predicted molar refractivity (Wildman–Crippen MR) is 106 cm³/mol. The van der Waals surface area contributed by atoms with Crippen molar-refractivity contribution in [1.82, 2.24) is 9.55 Å². The van der Waals surface area contributed by atoms with Crippen molar-refractivity contribution >= 4 is 57.7 Å². The highest BCUT2D eigenvalue weighted by Crippen LogP contribution is 2.37. The molecule has 0 saturated carbocycles. The molecule has 1 saturated heterocycles. The zero-order valence-electron chi connectivity index (χ0n) is 14.4. The molecule has 1 aliphatic heterocycles. The summed E-state index contributed by atoms with van der Waals surface area (Å²) >= 11 is 12.4. The number of rotatable bonds is 4. The third kappa shape index (κ3) is 2.95. The maximum atomic E-state index is 12.9. The second-order valence-electron chi connectivity index (χ2n) is 6.21. The zero-order chi connectivity index (χ0) is 19.1. The molecule has 1 atom stereocenters. The summed E-state index contributed by atoms with van der Waals surface area (Å²) in [4.78, 5) is 31.1. The second-order valence-corrected chi connectivity index (χ2v) is 7.02. The largest absolute Gasteiger partial charge is 0.343 e. The molecule has 27 heavy (non-hydrogen) atoms. The number of imide groups is 1. The molecule has 0 aliphatic carbocycles. The average Bonchev–Trinajstić information content (AvgIpc) is 3.13. The Balaban J connectivity index is 1.67. The van der Waals surface area contributed by atoms with Gasteiger partial charge in [0.25, 0.3) is 5.91 Å². The van der Waals surface area contributed by atoms with E-state index in [1.165, 1.54) is 0 Å². The summed E-state index contributed by atoms with van der Waals surface area (Å²) in [7, 11) is 0. The van der Waals surface area contributed by atoms with Crippen molar-refractivity contribution in [3.05, 3.63) is 52.5 Å². The van der Waals surface area contributed by atoms with Crippen LogP contribution in [-0.4, -0.2) is 27.4 Å². The number of imidazole rings is 1. The van der Waals surface area contributed by atoms with E-state index in [0.29, 0.717) is 12.5 Å². The van der Waals surface area contributed by atoms with E-state index in [0.717, 1.165) is 15.9 Å². The van der Waals surface area contributed by atoms with Crippen LogP contribution in [-0.2, 0) is 16.1 Å². The number of hydrogen-bond donors (Lipinski definition) is 1. The number of aromatic nitrogens is 2. The minimum Gasteiger partial charge on any atom is -0.343 e. The van der Waals surface area contributed by atoms with Crippen molar-refractivity contribution in [2.75, 3.05) is 10.2 Å². The summed E-state index contributed by atoms with van der Waals surface area (Å²) in [5.41, 5.74) is 2.01. The molecule has 138 valence electrons. The van der Waals surface area contributed by atoms with Gasteiger partial charge in [-0.15, -0.1) is 0 Å². The van der Waals surface area contributed by atoms with Gasteiger partial charge in [0.05, 0.1) is 33.2 Å². The van der Waals surface area contributed by atoms with E-state index in [2.05, 4.69) is 10.3 Å². The van der Waals surface area contributed by atoms with E-state index >= 15 is 0 Å². The lowest BCUT2D eigenvalue weighted by atomic mass is 10.2. The molecule has 0 radical (unpaired) electrons. The van der Waals surface area contributed by atoms with E-state index < -0.39 is 11.9 Å². The number of para-hydroxylation sites is 3. The molecule has 1 N–H and O–H groups in total. The number of nitrogens with one attached hydrogen (secondary N) is 1. The van der Waals surface area contributed by atoms with Crippen molar-refractivity contribution in [3.63, 3.8) is 0 Å². The van der Waals surface area contributed by atoms with Gasteiger partial charge in [0.1, 0.15) is 6.04 Å². The molecule has 3 aromatic rings. The molecule has 4 rings (SSSR count). The van der Waals surface area contributed by atoms with Gasteiger partial charge in [0.15, 0.2) is 0 Å². The Kier molecular flexibility index (Phi) is 4.53. The van der Waals surface area contributed by atoms with Gasteiger partial charge in [0.2, 0.25) is 11.9 Å². The summed E-state index contributed by atoms with van der Waals surface area (Å²) in [6, 6.07) is 11.8. The van der Waals surface area contributed by atoms with Gasteiger partial charge in [-0.05, 0) is 31.2 Å². The van der Waals surface area contributed by atoms with Crippen molar-refractivity contribution < 1.29 is 9.59 Å². The molecule has 8 heteroatoms. The Morgan fingerprint density at radius 1 is 1.11 bits per heavy atom. The SMILES string of the molecule is CCn1c(N[C@@H]2CC(=O)N(c3c(Cl)cccc3Cl)C2=O)nc2ccccc21. The highest BCUT2D eigenvalue weighted by Gasteiger charge is 2.41. The molecule has 2 heterocycles. The fourth-order valence-corrected chi connectivity index (χ4v) is 3.91. The van der Waals surface area contributed by atoms with E-state index in [1.807, 2.05) is 35.8 Å². The van der Waals surface area contributed by atoms with Crippen LogP contribution >= 0.6 is 23.2 Å². The summed E-state index contributed by atoms with van der Waals surface area (Å²) in [6.07, 6.45) is 0.00725. The van der Waals surface area contributed by atoms with Gasteiger partial charge in [-0.3, -0.25) is 9.59 Å². The number of carbonyl (C=O) groups is 2. The monoisotopic (exact) mass is 402 g/mol. The maximum absolute atomic E-state index is 12.9. The normalized spacial score (nSPS) is 17.1. The van der Waals surface area contributed by atoms with E-state index in [1.54, 1.807) is 18.2 Å². The van der Waals surface area contributed by atoms with Crippen LogP contribution in [0.15, 0.2) is 42.5 Å². The quantitative estimate of drug-likeness (QED) is 0.666. The van der Waals surface area contributed by atoms with Crippen LogP contribution in [0.25, 0.3) is 11.0 Å². The van der Waals surface area contributed by atoms with Crippen LogP contribution in [0.5, 0.6) is 0 Å². The third-order valence-corrected chi connectivity index (χ3v) is 5.19. The standard InChI is InChI=1S/C19H16Cl2N4O2/c1-2-24-15-9-4-3-8-13(15)22-19(24)23-14-10-16(26)25(18(14)27)17-11(20)6-5-7-12(17)21/h3-9,14H,2,10H2,1H3,(H,22,23)/t14-/m1/s1. The fraction of sp³-hybridized carbons (Fsp3) is 0.211. The highest BCUT2D eigenvalue weighted by atomic mass is 35.5. The summed E-state index contributed by atoms with van der Waals surface area (Å²) in [6.45, 7) is 2.68. The van der Waals surface area contributed by atoms with Crippen LogP contribution < -0.4 is 10.2 Å². The Morgan fingerprint density at radius 3 is 2.52 bits per heavy atom. The van der Waals surface area contributed by atoms with Gasteiger partial charge in [-0.2, -0.15) is 0 Å². The van der Waals surface area contributed by atoms with E-state index in [-0.39, 0.29) is 28.1 Å². The molecule has 1 aliphatic rings. The molecule has 0 bridgehead atoms. The van der Waals surface area contributed by atoms with Gasteiger partial charge in [0, 0.05) is 6.54 Å². The highest BCUT2D eigenvalue weighted by molar-refractivity contribution is 6.42. The molecule has 2 amide bonds. The van der Waals surface area contributed by atoms with Crippen LogP contribution in [0.1, 0.15) is 13.3 Å².